The van der Waals surface area contributed by atoms with Gasteiger partial charge in [-0.1, -0.05) is 54.3 Å². The maximum absolute atomic E-state index is 11.7. The normalized spacial score (nSPS) is 15.7. The van der Waals surface area contributed by atoms with Crippen LogP contribution in [0.15, 0.2) is 0 Å². The summed E-state index contributed by atoms with van der Waals surface area (Å²) >= 11 is 0. The summed E-state index contributed by atoms with van der Waals surface area (Å²) in [5, 5.41) is 2.76. The van der Waals surface area contributed by atoms with Gasteiger partial charge in [0, 0.05) is 8.78 Å². The molecule has 0 aromatic heterocycles. The van der Waals surface area contributed by atoms with Crippen molar-refractivity contribution in [3.8, 4) is 0 Å². The molecule has 0 aromatic carbocycles. The van der Waals surface area contributed by atoms with Crippen LogP contribution in [0, 0.1) is 5.41 Å². The molecule has 1 aliphatic heterocycles. The highest BCUT2D eigenvalue weighted by molar-refractivity contribution is 5.83. The highest BCUT2D eigenvalue weighted by Crippen LogP contribution is 2.22. The van der Waals surface area contributed by atoms with Crippen molar-refractivity contribution in [3.05, 3.63) is 0 Å². The van der Waals surface area contributed by atoms with Gasteiger partial charge in [0.15, 0.2) is 0 Å². The van der Waals surface area contributed by atoms with E-state index in [0.717, 1.165) is 12.8 Å². The summed E-state index contributed by atoms with van der Waals surface area (Å²) in [5.74, 6) is -0.153. The van der Waals surface area contributed by atoms with Crippen molar-refractivity contribution in [2.24, 2.45) is 11.1 Å². The van der Waals surface area contributed by atoms with Gasteiger partial charge in [0.2, 0.25) is 5.91 Å². The summed E-state index contributed by atoms with van der Waals surface area (Å²) in [6.45, 7) is 14.6. The molecule has 1 heterocycles. The zero-order valence-corrected chi connectivity index (χ0v) is 16.6. The molecular weight excluding hydrogens is 308 g/mol. The number of ether oxygens (including phenoxy) is 2. The number of carbonyl (C=O) groups excluding carboxylic acids is 2. The molecule has 0 bridgehead atoms. The Morgan fingerprint density at radius 3 is 1.79 bits per heavy atom. The van der Waals surface area contributed by atoms with Crippen molar-refractivity contribution in [1.29, 1.82) is 0 Å². The fourth-order valence-electron chi connectivity index (χ4n) is 1.09. The topological polar surface area (TPSA) is 90.6 Å². The van der Waals surface area contributed by atoms with Crippen molar-refractivity contribution in [2.75, 3.05) is 13.2 Å². The molecule has 0 aromatic rings. The van der Waals surface area contributed by atoms with Crippen molar-refractivity contribution in [1.82, 2.24) is 5.32 Å². The summed E-state index contributed by atoms with van der Waals surface area (Å²) in [6.07, 6.45) is 1.26. The van der Waals surface area contributed by atoms with Gasteiger partial charge in [0.1, 0.15) is 18.6 Å². The number of hydrogen-bond acceptors (Lipinski definition) is 5. The van der Waals surface area contributed by atoms with Crippen LogP contribution in [-0.4, -0.2) is 37.4 Å². The minimum atomic E-state index is -0.766. The molecular formula is C18H40N2O4. The predicted molar refractivity (Wildman–Crippen MR) is 99.9 cm³/mol. The molecule has 0 spiro atoms. The second kappa shape index (κ2) is 16.6. The number of cyclic esters (lactones) is 2. The van der Waals surface area contributed by atoms with Gasteiger partial charge in [-0.25, -0.2) is 4.79 Å². The Morgan fingerprint density at radius 2 is 1.54 bits per heavy atom. The standard InChI is InChI=1S/C9H15NO4.C3H9N.2C3H8/c1-6(2)10-7(11)9(3)4-13-8(12)14-5-9;1-3(2)4;2*1-3-2/h6H,4-5H2,1-3H3,(H,10,11);3H,4H2,1-2H3;2*3H2,1-2H3/i;;2*1T. The monoisotopic (exact) mass is 352 g/mol. The highest BCUT2D eigenvalue weighted by Gasteiger charge is 2.40. The third-order valence-electron chi connectivity index (χ3n) is 1.99. The first kappa shape index (κ1) is 22.7. The smallest absolute Gasteiger partial charge is 0.433 e. The molecule has 0 saturated carbocycles. The van der Waals surface area contributed by atoms with Crippen LogP contribution in [0.4, 0.5) is 4.79 Å². The number of nitrogens with two attached hydrogens (primary N) is 1. The molecule has 6 heteroatoms. The third-order valence-corrected chi connectivity index (χ3v) is 1.99. The second-order valence-corrected chi connectivity index (χ2v) is 6.26. The maximum atomic E-state index is 11.7. The summed E-state index contributed by atoms with van der Waals surface area (Å²) in [7, 11) is 0. The lowest BCUT2D eigenvalue weighted by Gasteiger charge is -2.31. The summed E-state index contributed by atoms with van der Waals surface area (Å²) < 4.78 is 22.3. The SMILES string of the molecule is CC(C)N.CC(C)NC(=O)C1(C)COC(=O)OC1.[3H]CCC.[3H]CCC. The molecule has 24 heavy (non-hydrogen) atoms. The number of carbonyl (C=O) groups is 2. The lowest BCUT2D eigenvalue weighted by atomic mass is 9.91. The Morgan fingerprint density at radius 1 is 1.21 bits per heavy atom. The minimum absolute atomic E-state index is 0.0666. The van der Waals surface area contributed by atoms with Crippen LogP contribution in [0.2, 0.25) is 0 Å². The molecule has 1 fully saturated rings. The molecule has 1 aliphatic rings. The highest BCUT2D eigenvalue weighted by atomic mass is 16.7. The quantitative estimate of drug-likeness (QED) is 0.736. The van der Waals surface area contributed by atoms with E-state index in [1.807, 2.05) is 41.5 Å². The van der Waals surface area contributed by atoms with Crippen molar-refractivity contribution in [3.63, 3.8) is 0 Å². The Hall–Kier alpha value is -1.30. The van der Waals surface area contributed by atoms with Gasteiger partial charge in [-0.15, -0.1) is 0 Å². The molecule has 0 unspecified atom stereocenters. The Balaban J connectivity index is -0.000000362. The molecule has 6 nitrogen and oxygen atoms in total. The van der Waals surface area contributed by atoms with Crippen LogP contribution < -0.4 is 11.1 Å². The average molecular weight is 353 g/mol. The van der Waals surface area contributed by atoms with E-state index >= 15 is 0 Å². The van der Waals surface area contributed by atoms with Crippen LogP contribution in [0.5, 0.6) is 0 Å². The molecule has 1 saturated heterocycles. The predicted octanol–water partition coefficient (Wildman–Crippen LogP) is 3.87. The first-order valence-corrected chi connectivity index (χ1v) is 8.45. The van der Waals surface area contributed by atoms with E-state index in [-0.39, 0.29) is 25.2 Å². The van der Waals surface area contributed by atoms with E-state index in [1.165, 1.54) is 0 Å². The molecule has 1 amide bonds. The summed E-state index contributed by atoms with van der Waals surface area (Å²) in [4.78, 5) is 22.3. The van der Waals surface area contributed by atoms with E-state index in [0.29, 0.717) is 19.8 Å². The van der Waals surface area contributed by atoms with Crippen LogP contribution in [0.3, 0.4) is 0 Å². The molecule has 0 aliphatic carbocycles. The maximum Gasteiger partial charge on any atom is 0.508 e. The van der Waals surface area contributed by atoms with Gasteiger partial charge >= 0.3 is 6.16 Å². The van der Waals surface area contributed by atoms with Crippen LogP contribution in [0.25, 0.3) is 0 Å². The Kier molecular flexibility index (Phi) is 15.7. The van der Waals surface area contributed by atoms with Gasteiger partial charge in [-0.2, -0.15) is 0 Å². The van der Waals surface area contributed by atoms with Gasteiger partial charge in [-0.3, -0.25) is 4.79 Å². The van der Waals surface area contributed by atoms with Crippen LogP contribution >= 0.6 is 0 Å². The van der Waals surface area contributed by atoms with E-state index < -0.39 is 11.6 Å². The number of nitrogens with one attached hydrogen (secondary N) is 1. The van der Waals surface area contributed by atoms with Crippen LogP contribution in [0.1, 0.15) is 77.8 Å². The van der Waals surface area contributed by atoms with Gasteiger partial charge in [0.25, 0.3) is 0 Å². The first-order chi connectivity index (χ1) is 12.0. The Labute approximate surface area is 151 Å². The summed E-state index contributed by atoms with van der Waals surface area (Å²) in [6, 6.07) is 0.400. The largest absolute Gasteiger partial charge is 0.508 e. The molecule has 3 N–H and O–H groups in total. The fraction of sp³-hybridized carbons (Fsp3) is 0.889. The second-order valence-electron chi connectivity index (χ2n) is 6.26. The molecule has 1 rings (SSSR count). The third kappa shape index (κ3) is 18.7. The van der Waals surface area contributed by atoms with Crippen molar-refractivity contribution in [2.45, 2.75) is 87.2 Å². The van der Waals surface area contributed by atoms with Gasteiger partial charge < -0.3 is 20.5 Å². The minimum Gasteiger partial charge on any atom is -0.433 e. The number of amides is 1. The van der Waals surface area contributed by atoms with Crippen LogP contribution in [-0.2, 0) is 14.3 Å². The van der Waals surface area contributed by atoms with Gasteiger partial charge in [-0.05, 0) is 26.8 Å². The molecule has 0 radical (unpaired) electrons. The fourth-order valence-corrected chi connectivity index (χ4v) is 1.09. The summed E-state index contributed by atoms with van der Waals surface area (Å²) in [5.41, 5.74) is 4.35. The molecule has 0 atom stereocenters. The van der Waals surface area contributed by atoms with E-state index in [4.69, 9.17) is 8.48 Å². The van der Waals surface area contributed by atoms with Crippen molar-refractivity contribution < 1.29 is 21.8 Å². The number of rotatable bonds is 2. The van der Waals surface area contributed by atoms with Crippen molar-refractivity contribution >= 4 is 12.1 Å². The first-order valence-electron chi connectivity index (χ1n) is 9.86. The lowest BCUT2D eigenvalue weighted by molar-refractivity contribution is -0.141. The lowest BCUT2D eigenvalue weighted by Crippen LogP contribution is -2.50. The number of hydrogen-bond donors (Lipinski definition) is 2. The zero-order chi connectivity index (χ0) is 21.2. The molecule has 146 valence electrons. The average Bonchev–Trinajstić information content (AvgIpc) is 2.57. The van der Waals surface area contributed by atoms with E-state index in [2.05, 4.69) is 14.8 Å². The van der Waals surface area contributed by atoms with E-state index in [9.17, 15) is 9.59 Å². The van der Waals surface area contributed by atoms with E-state index in [1.54, 1.807) is 6.92 Å². The van der Waals surface area contributed by atoms with Gasteiger partial charge in [0.05, 0.1) is 0 Å². The zero-order valence-electron chi connectivity index (χ0n) is 18.6. The Bertz CT molecular complexity index is 333.